The Morgan fingerprint density at radius 3 is 2.35 bits per heavy atom. The first kappa shape index (κ1) is 13.8. The monoisotopic (exact) mass is 392 g/mol. The van der Waals surface area contributed by atoms with Crippen molar-refractivity contribution in [3.8, 4) is 0 Å². The van der Waals surface area contributed by atoms with E-state index in [9.17, 15) is 4.39 Å². The Hall–Kier alpha value is -1.19. The van der Waals surface area contributed by atoms with Crippen LogP contribution in [0.25, 0.3) is 10.8 Å². The van der Waals surface area contributed by atoms with E-state index in [2.05, 4.69) is 50.1 Å². The minimum atomic E-state index is -0.214. The Balaban J connectivity index is 2.21. The van der Waals surface area contributed by atoms with E-state index in [1.165, 1.54) is 6.07 Å². The molecular formula is C17H11Br2F. The van der Waals surface area contributed by atoms with Crippen molar-refractivity contribution < 1.29 is 4.39 Å². The molecule has 0 heterocycles. The maximum absolute atomic E-state index is 14.1. The zero-order valence-corrected chi connectivity index (χ0v) is 13.7. The topological polar surface area (TPSA) is 0 Å². The third-order valence-corrected chi connectivity index (χ3v) is 4.99. The highest BCUT2D eigenvalue weighted by molar-refractivity contribution is 9.11. The second-order valence-corrected chi connectivity index (χ2v) is 6.34. The molecule has 0 fully saturated rings. The predicted molar refractivity (Wildman–Crippen MR) is 88.8 cm³/mol. The number of alkyl halides is 1. The van der Waals surface area contributed by atoms with Gasteiger partial charge >= 0.3 is 0 Å². The lowest BCUT2D eigenvalue weighted by Crippen LogP contribution is -1.98. The van der Waals surface area contributed by atoms with Crippen LogP contribution in [0.1, 0.15) is 16.0 Å². The van der Waals surface area contributed by atoms with Crippen LogP contribution in [0.5, 0.6) is 0 Å². The lowest BCUT2D eigenvalue weighted by atomic mass is 9.98. The number of rotatable bonds is 2. The van der Waals surface area contributed by atoms with E-state index in [4.69, 9.17) is 0 Å². The van der Waals surface area contributed by atoms with Crippen molar-refractivity contribution in [2.24, 2.45) is 0 Å². The average molecular weight is 394 g/mol. The van der Waals surface area contributed by atoms with E-state index in [1.807, 2.05) is 30.3 Å². The number of benzene rings is 3. The van der Waals surface area contributed by atoms with Crippen LogP contribution in [0.4, 0.5) is 4.39 Å². The fourth-order valence-corrected chi connectivity index (χ4v) is 4.12. The van der Waals surface area contributed by atoms with Crippen LogP contribution in [0.15, 0.2) is 65.1 Å². The Labute approximate surface area is 133 Å². The van der Waals surface area contributed by atoms with Crippen LogP contribution in [0.2, 0.25) is 0 Å². The molecule has 1 atom stereocenters. The Bertz CT molecular complexity index is 742. The van der Waals surface area contributed by atoms with E-state index in [-0.39, 0.29) is 10.6 Å². The zero-order valence-electron chi connectivity index (χ0n) is 10.5. The van der Waals surface area contributed by atoms with Gasteiger partial charge in [0.15, 0.2) is 0 Å². The normalized spacial score (nSPS) is 12.6. The molecule has 0 radical (unpaired) electrons. The van der Waals surface area contributed by atoms with Crippen LogP contribution < -0.4 is 0 Å². The maximum Gasteiger partial charge on any atom is 0.129 e. The lowest BCUT2D eigenvalue weighted by Gasteiger charge is -2.16. The molecule has 0 saturated carbocycles. The number of hydrogen-bond donors (Lipinski definition) is 0. The summed E-state index contributed by atoms with van der Waals surface area (Å²) in [5.41, 5.74) is 1.69. The van der Waals surface area contributed by atoms with Crippen LogP contribution in [-0.4, -0.2) is 0 Å². The molecule has 3 aromatic carbocycles. The number of fused-ring (bicyclic) bond motifs is 1. The van der Waals surface area contributed by atoms with E-state index >= 15 is 0 Å². The van der Waals surface area contributed by atoms with Crippen molar-refractivity contribution in [2.75, 3.05) is 0 Å². The first-order valence-electron chi connectivity index (χ1n) is 6.24. The van der Waals surface area contributed by atoms with E-state index in [1.54, 1.807) is 6.07 Å². The van der Waals surface area contributed by atoms with Crippen molar-refractivity contribution in [1.82, 2.24) is 0 Å². The molecule has 0 nitrogen and oxygen atoms in total. The van der Waals surface area contributed by atoms with Gasteiger partial charge in [-0.3, -0.25) is 0 Å². The van der Waals surface area contributed by atoms with E-state index < -0.39 is 0 Å². The molecule has 3 rings (SSSR count). The van der Waals surface area contributed by atoms with Crippen LogP contribution in [-0.2, 0) is 0 Å². The summed E-state index contributed by atoms with van der Waals surface area (Å²) in [5.74, 6) is -0.214. The summed E-state index contributed by atoms with van der Waals surface area (Å²) in [6, 6.07) is 19.3. The standard InChI is InChI=1S/C17H11Br2F/c18-14-9-4-10-15(20)16(14)17(19)13-8-3-6-11-5-1-2-7-12(11)13/h1-10,17H. The van der Waals surface area contributed by atoms with E-state index in [0.717, 1.165) is 20.8 Å². The molecule has 0 N–H and O–H groups in total. The fourth-order valence-electron chi connectivity index (χ4n) is 2.38. The van der Waals surface area contributed by atoms with Gasteiger partial charge in [-0.1, -0.05) is 80.4 Å². The van der Waals surface area contributed by atoms with Gasteiger partial charge in [-0.2, -0.15) is 0 Å². The Morgan fingerprint density at radius 2 is 1.55 bits per heavy atom. The fraction of sp³-hybridized carbons (Fsp3) is 0.0588. The highest BCUT2D eigenvalue weighted by Crippen LogP contribution is 2.39. The second-order valence-electron chi connectivity index (χ2n) is 4.57. The molecule has 0 aliphatic rings. The van der Waals surface area contributed by atoms with Gasteiger partial charge in [0.1, 0.15) is 5.82 Å². The summed E-state index contributed by atoms with van der Waals surface area (Å²) in [6.07, 6.45) is 0. The molecule has 100 valence electrons. The predicted octanol–water partition coefficient (Wildman–Crippen LogP) is 6.23. The molecule has 0 aliphatic heterocycles. The van der Waals surface area contributed by atoms with Crippen molar-refractivity contribution in [3.05, 3.63) is 82.1 Å². The van der Waals surface area contributed by atoms with Gasteiger partial charge in [-0.15, -0.1) is 0 Å². The third-order valence-electron chi connectivity index (χ3n) is 3.35. The average Bonchev–Trinajstić information content (AvgIpc) is 2.46. The highest BCUT2D eigenvalue weighted by Gasteiger charge is 2.19. The summed E-state index contributed by atoms with van der Waals surface area (Å²) in [4.78, 5) is -0.191. The molecule has 0 amide bonds. The maximum atomic E-state index is 14.1. The second kappa shape index (κ2) is 5.66. The molecule has 0 saturated heterocycles. The Morgan fingerprint density at radius 1 is 0.850 bits per heavy atom. The summed E-state index contributed by atoms with van der Waals surface area (Å²) in [7, 11) is 0. The van der Waals surface area contributed by atoms with Crippen LogP contribution >= 0.6 is 31.9 Å². The molecule has 0 spiro atoms. The number of hydrogen-bond acceptors (Lipinski definition) is 0. The van der Waals surface area contributed by atoms with Crippen LogP contribution in [0.3, 0.4) is 0 Å². The van der Waals surface area contributed by atoms with Gasteiger partial charge < -0.3 is 0 Å². The number of halogens is 3. The summed E-state index contributed by atoms with van der Waals surface area (Å²) >= 11 is 7.09. The molecule has 0 aliphatic carbocycles. The van der Waals surface area contributed by atoms with Gasteiger partial charge in [0.05, 0.1) is 4.83 Å². The molecule has 3 heteroatoms. The SMILES string of the molecule is Fc1cccc(Br)c1C(Br)c1cccc2ccccc12. The van der Waals surface area contributed by atoms with Crippen molar-refractivity contribution in [1.29, 1.82) is 0 Å². The van der Waals surface area contributed by atoms with Gasteiger partial charge in [0.2, 0.25) is 0 Å². The summed E-state index contributed by atoms with van der Waals surface area (Å²) < 4.78 is 14.9. The first-order valence-corrected chi connectivity index (χ1v) is 7.95. The molecule has 20 heavy (non-hydrogen) atoms. The molecule has 0 aromatic heterocycles. The summed E-state index contributed by atoms with van der Waals surface area (Å²) in [5, 5.41) is 2.29. The van der Waals surface area contributed by atoms with Crippen molar-refractivity contribution in [3.63, 3.8) is 0 Å². The summed E-state index contributed by atoms with van der Waals surface area (Å²) in [6.45, 7) is 0. The highest BCUT2D eigenvalue weighted by atomic mass is 79.9. The largest absolute Gasteiger partial charge is 0.207 e. The van der Waals surface area contributed by atoms with Crippen LogP contribution in [0, 0.1) is 5.82 Å². The molecular weight excluding hydrogens is 383 g/mol. The molecule has 3 aromatic rings. The smallest absolute Gasteiger partial charge is 0.129 e. The third kappa shape index (κ3) is 2.40. The minimum absolute atomic E-state index is 0.191. The van der Waals surface area contributed by atoms with E-state index in [0.29, 0.717) is 5.56 Å². The molecule has 1 unspecified atom stereocenters. The first-order chi connectivity index (χ1) is 9.68. The van der Waals surface area contributed by atoms with Gasteiger partial charge in [0.25, 0.3) is 0 Å². The minimum Gasteiger partial charge on any atom is -0.207 e. The quantitative estimate of drug-likeness (QED) is 0.453. The van der Waals surface area contributed by atoms with Crippen molar-refractivity contribution in [2.45, 2.75) is 4.83 Å². The van der Waals surface area contributed by atoms with Gasteiger partial charge in [-0.25, -0.2) is 4.39 Å². The Kier molecular flexibility index (Phi) is 3.90. The zero-order chi connectivity index (χ0) is 14.1. The van der Waals surface area contributed by atoms with Gasteiger partial charge in [-0.05, 0) is 28.5 Å². The molecule has 0 bridgehead atoms. The van der Waals surface area contributed by atoms with Crippen molar-refractivity contribution >= 4 is 42.6 Å². The van der Waals surface area contributed by atoms with Gasteiger partial charge in [0, 0.05) is 10.0 Å². The lowest BCUT2D eigenvalue weighted by molar-refractivity contribution is 0.612.